The zero-order valence-corrected chi connectivity index (χ0v) is 12.2. The Morgan fingerprint density at radius 1 is 1.65 bits per heavy atom. The van der Waals surface area contributed by atoms with Crippen LogP contribution in [0, 0.1) is 0 Å². The number of likely N-dealkylation sites (N-methyl/N-ethyl adjacent to an activating group) is 1. The number of carbonyl (C=O) groups excluding carboxylic acids is 1. The first-order valence-electron chi connectivity index (χ1n) is 5.76. The van der Waals surface area contributed by atoms with E-state index < -0.39 is 0 Å². The van der Waals surface area contributed by atoms with Gasteiger partial charge in [0.2, 0.25) is 0 Å². The molecule has 1 saturated heterocycles. The highest BCUT2D eigenvalue weighted by atomic mass is 79.9. The quantitative estimate of drug-likeness (QED) is 0.857. The topological polar surface area (TPSA) is 29.5 Å². The SMILES string of the molecule is CN(Cc1cc(Br)cs1)C(=O)C1CCCCO1. The molecule has 0 N–H and O–H groups in total. The Hall–Kier alpha value is -0.390. The van der Waals surface area contributed by atoms with Crippen molar-refractivity contribution in [3.63, 3.8) is 0 Å². The van der Waals surface area contributed by atoms with Crippen LogP contribution in [0.1, 0.15) is 24.1 Å². The van der Waals surface area contributed by atoms with Crippen molar-refractivity contribution in [1.29, 1.82) is 0 Å². The lowest BCUT2D eigenvalue weighted by Gasteiger charge is -2.26. The maximum absolute atomic E-state index is 12.1. The average molecular weight is 318 g/mol. The van der Waals surface area contributed by atoms with Crippen molar-refractivity contribution in [2.24, 2.45) is 0 Å². The molecule has 0 spiro atoms. The number of carbonyl (C=O) groups is 1. The van der Waals surface area contributed by atoms with E-state index in [0.29, 0.717) is 6.54 Å². The molecule has 3 nitrogen and oxygen atoms in total. The molecule has 0 saturated carbocycles. The van der Waals surface area contributed by atoms with Crippen molar-refractivity contribution in [3.05, 3.63) is 20.8 Å². The van der Waals surface area contributed by atoms with E-state index in [0.717, 1.165) is 30.3 Å². The van der Waals surface area contributed by atoms with Gasteiger partial charge in [0.25, 0.3) is 5.91 Å². The third-order valence-electron chi connectivity index (χ3n) is 2.85. The van der Waals surface area contributed by atoms with Gasteiger partial charge in [0.15, 0.2) is 0 Å². The number of amides is 1. The number of rotatable bonds is 3. The van der Waals surface area contributed by atoms with Crippen molar-refractivity contribution >= 4 is 33.2 Å². The fourth-order valence-corrected chi connectivity index (χ4v) is 3.43. The van der Waals surface area contributed by atoms with E-state index in [1.165, 1.54) is 4.88 Å². The second kappa shape index (κ2) is 5.98. The normalized spacial score (nSPS) is 20.2. The molecule has 5 heteroatoms. The monoisotopic (exact) mass is 317 g/mol. The molecule has 94 valence electrons. The molecule has 0 aliphatic carbocycles. The number of halogens is 1. The maximum Gasteiger partial charge on any atom is 0.251 e. The molecule has 1 fully saturated rings. The molecule has 0 radical (unpaired) electrons. The van der Waals surface area contributed by atoms with Crippen LogP contribution in [0.25, 0.3) is 0 Å². The minimum Gasteiger partial charge on any atom is -0.368 e. The Bertz CT molecular complexity index is 388. The Morgan fingerprint density at radius 3 is 3.06 bits per heavy atom. The Kier molecular flexibility index (Phi) is 4.59. The fourth-order valence-electron chi connectivity index (χ4n) is 1.93. The van der Waals surface area contributed by atoms with Gasteiger partial charge in [0, 0.05) is 28.4 Å². The first-order valence-corrected chi connectivity index (χ1v) is 7.43. The predicted octanol–water partition coefficient (Wildman–Crippen LogP) is 3.04. The molecule has 1 atom stereocenters. The van der Waals surface area contributed by atoms with Crippen LogP contribution in [-0.2, 0) is 16.1 Å². The van der Waals surface area contributed by atoms with E-state index in [1.54, 1.807) is 16.2 Å². The second-order valence-corrected chi connectivity index (χ2v) is 6.19. The number of thiophene rings is 1. The lowest BCUT2D eigenvalue weighted by atomic mass is 10.1. The van der Waals surface area contributed by atoms with Gasteiger partial charge in [-0.3, -0.25) is 4.79 Å². The summed E-state index contributed by atoms with van der Waals surface area (Å²) in [5.41, 5.74) is 0. The highest BCUT2D eigenvalue weighted by Gasteiger charge is 2.25. The summed E-state index contributed by atoms with van der Waals surface area (Å²) in [6.07, 6.45) is 2.80. The molecule has 2 rings (SSSR count). The lowest BCUT2D eigenvalue weighted by Crippen LogP contribution is -2.39. The molecular weight excluding hydrogens is 302 g/mol. The third kappa shape index (κ3) is 3.53. The van der Waals surface area contributed by atoms with Crippen LogP contribution in [0.2, 0.25) is 0 Å². The maximum atomic E-state index is 12.1. The molecule has 17 heavy (non-hydrogen) atoms. The summed E-state index contributed by atoms with van der Waals surface area (Å²) in [5, 5.41) is 2.03. The average Bonchev–Trinajstić information content (AvgIpc) is 2.75. The van der Waals surface area contributed by atoms with Gasteiger partial charge in [-0.15, -0.1) is 11.3 Å². The van der Waals surface area contributed by atoms with E-state index in [9.17, 15) is 4.79 Å². The van der Waals surface area contributed by atoms with E-state index in [4.69, 9.17) is 4.74 Å². The van der Waals surface area contributed by atoms with Gasteiger partial charge in [0.1, 0.15) is 6.10 Å². The zero-order chi connectivity index (χ0) is 12.3. The standard InChI is InChI=1S/C12H16BrNO2S/c1-14(7-10-6-9(13)8-17-10)12(15)11-4-2-3-5-16-11/h6,8,11H,2-5,7H2,1H3. The Balaban J connectivity index is 1.90. The molecule has 1 unspecified atom stereocenters. The molecule has 0 bridgehead atoms. The zero-order valence-electron chi connectivity index (χ0n) is 9.82. The molecular formula is C12H16BrNO2S. The summed E-state index contributed by atoms with van der Waals surface area (Å²) in [5.74, 6) is 0.106. The number of ether oxygens (including phenoxy) is 1. The Labute approximate surface area is 114 Å². The molecule has 1 aliphatic rings. The summed E-state index contributed by atoms with van der Waals surface area (Å²) in [6.45, 7) is 1.38. The molecule has 2 heterocycles. The lowest BCUT2D eigenvalue weighted by molar-refractivity contribution is -0.145. The number of hydrogen-bond donors (Lipinski definition) is 0. The molecule has 1 aliphatic heterocycles. The van der Waals surface area contributed by atoms with Crippen LogP contribution in [0.4, 0.5) is 0 Å². The minimum atomic E-state index is -0.225. The molecule has 0 aromatic carbocycles. The summed E-state index contributed by atoms with van der Waals surface area (Å²) in [6, 6.07) is 2.05. The van der Waals surface area contributed by atoms with Crippen molar-refractivity contribution < 1.29 is 9.53 Å². The van der Waals surface area contributed by atoms with Crippen LogP contribution < -0.4 is 0 Å². The van der Waals surface area contributed by atoms with Crippen LogP contribution in [0.3, 0.4) is 0 Å². The van der Waals surface area contributed by atoms with Gasteiger partial charge >= 0.3 is 0 Å². The molecule has 1 amide bonds. The highest BCUT2D eigenvalue weighted by molar-refractivity contribution is 9.10. The van der Waals surface area contributed by atoms with Crippen LogP contribution >= 0.6 is 27.3 Å². The van der Waals surface area contributed by atoms with Crippen molar-refractivity contribution in [3.8, 4) is 0 Å². The number of nitrogens with zero attached hydrogens (tertiary/aromatic N) is 1. The first kappa shape index (κ1) is 13.1. The van der Waals surface area contributed by atoms with Gasteiger partial charge in [-0.2, -0.15) is 0 Å². The predicted molar refractivity (Wildman–Crippen MR) is 72.1 cm³/mol. The molecule has 1 aromatic heterocycles. The highest BCUT2D eigenvalue weighted by Crippen LogP contribution is 2.22. The van der Waals surface area contributed by atoms with Crippen LogP contribution in [-0.4, -0.2) is 30.6 Å². The van der Waals surface area contributed by atoms with Crippen LogP contribution in [0.15, 0.2) is 15.9 Å². The van der Waals surface area contributed by atoms with Gasteiger partial charge in [-0.05, 0) is 41.3 Å². The van der Waals surface area contributed by atoms with Crippen molar-refractivity contribution in [1.82, 2.24) is 4.90 Å². The minimum absolute atomic E-state index is 0.106. The summed E-state index contributed by atoms with van der Waals surface area (Å²) < 4.78 is 6.58. The summed E-state index contributed by atoms with van der Waals surface area (Å²) >= 11 is 5.08. The fraction of sp³-hybridized carbons (Fsp3) is 0.583. The third-order valence-corrected chi connectivity index (χ3v) is 4.53. The van der Waals surface area contributed by atoms with Gasteiger partial charge < -0.3 is 9.64 Å². The number of hydrogen-bond acceptors (Lipinski definition) is 3. The Morgan fingerprint density at radius 2 is 2.47 bits per heavy atom. The van der Waals surface area contributed by atoms with E-state index in [1.807, 2.05) is 12.4 Å². The van der Waals surface area contributed by atoms with E-state index >= 15 is 0 Å². The van der Waals surface area contributed by atoms with Crippen LogP contribution in [0.5, 0.6) is 0 Å². The van der Waals surface area contributed by atoms with Gasteiger partial charge in [0.05, 0.1) is 6.54 Å². The van der Waals surface area contributed by atoms with E-state index in [2.05, 4.69) is 22.0 Å². The second-order valence-electron chi connectivity index (χ2n) is 4.28. The summed E-state index contributed by atoms with van der Waals surface area (Å²) in [4.78, 5) is 15.0. The van der Waals surface area contributed by atoms with Gasteiger partial charge in [-0.1, -0.05) is 0 Å². The largest absolute Gasteiger partial charge is 0.368 e. The first-order chi connectivity index (χ1) is 8.16. The van der Waals surface area contributed by atoms with E-state index in [-0.39, 0.29) is 12.0 Å². The van der Waals surface area contributed by atoms with Gasteiger partial charge in [-0.25, -0.2) is 0 Å². The molecule has 1 aromatic rings. The summed E-state index contributed by atoms with van der Waals surface area (Å²) in [7, 11) is 1.84. The van der Waals surface area contributed by atoms with Crippen molar-refractivity contribution in [2.45, 2.75) is 31.9 Å². The smallest absolute Gasteiger partial charge is 0.251 e. The van der Waals surface area contributed by atoms with Crippen molar-refractivity contribution in [2.75, 3.05) is 13.7 Å².